The van der Waals surface area contributed by atoms with Gasteiger partial charge in [-0.1, -0.05) is 24.3 Å². The van der Waals surface area contributed by atoms with E-state index < -0.39 is 24.2 Å². The van der Waals surface area contributed by atoms with Crippen molar-refractivity contribution in [1.82, 2.24) is 20.1 Å². The molecule has 1 unspecified atom stereocenters. The third-order valence-electron chi connectivity index (χ3n) is 12.1. The summed E-state index contributed by atoms with van der Waals surface area (Å²) < 4.78 is 49.1. The van der Waals surface area contributed by atoms with E-state index in [1.807, 2.05) is 36.1 Å². The number of aromatic amines is 1. The molecule has 5 heterocycles. The van der Waals surface area contributed by atoms with Gasteiger partial charge in [0.25, 0.3) is 6.43 Å². The number of alkyl halides is 2. The molecule has 4 aliphatic heterocycles. The summed E-state index contributed by atoms with van der Waals surface area (Å²) in [5.41, 5.74) is 6.24. The zero-order valence-electron chi connectivity index (χ0n) is 31.5. The predicted molar refractivity (Wildman–Crippen MR) is 209 cm³/mol. The number of carbonyl (C=O) groups is 2. The highest BCUT2D eigenvalue weighted by atomic mass is 19.3. The van der Waals surface area contributed by atoms with Crippen LogP contribution in [0.5, 0.6) is 5.75 Å². The van der Waals surface area contributed by atoms with Crippen LogP contribution in [-0.4, -0.2) is 105 Å². The van der Waals surface area contributed by atoms with Gasteiger partial charge in [-0.05, 0) is 74.4 Å². The third kappa shape index (κ3) is 7.73. The van der Waals surface area contributed by atoms with E-state index in [4.69, 9.17) is 4.74 Å². The molecule has 3 N–H and O–H groups in total. The molecule has 3 atom stereocenters. The van der Waals surface area contributed by atoms with Crippen LogP contribution >= 0.6 is 0 Å². The summed E-state index contributed by atoms with van der Waals surface area (Å²) in [5.74, 6) is 0.149. The molecule has 3 saturated heterocycles. The number of nitrogens with zero attached hydrogens (tertiary/aromatic N) is 4. The van der Waals surface area contributed by atoms with Crippen molar-refractivity contribution in [2.45, 2.75) is 63.6 Å². The Bertz CT molecular complexity index is 2020. The quantitative estimate of drug-likeness (QED) is 0.166. The molecule has 3 aromatic carbocycles. The zero-order valence-corrected chi connectivity index (χ0v) is 31.5. The standard InChI is InChI=1S/C42H50F3N7O3/c1-26-21-32-30-5-3-4-6-34(30)47-40(32)41(52(26)25-38(44)45)31-9-7-29(23-37(31)55-2)50-15-13-27(14-16-50)24-49-17-19-51(20-18-49)28-8-10-35(33(43)22-28)46-36-11-12-39(53)48-42(36)54/h3-10,22-23,26-27,36,38,41,46-47H,11-21,24-25H2,1-2H3,(H,48,53,54)/t26-,36?,41-/m1/s1. The number of rotatable bonds is 10. The zero-order chi connectivity index (χ0) is 38.2. The number of hydrogen-bond donors (Lipinski definition) is 3. The molecule has 3 fully saturated rings. The highest BCUT2D eigenvalue weighted by molar-refractivity contribution is 6.01. The minimum atomic E-state index is -2.45. The van der Waals surface area contributed by atoms with Crippen LogP contribution in [0, 0.1) is 11.7 Å². The normalized spacial score (nSPS) is 23.0. The van der Waals surface area contributed by atoms with Crippen LogP contribution in [-0.2, 0) is 16.0 Å². The second kappa shape index (κ2) is 15.8. The summed E-state index contributed by atoms with van der Waals surface area (Å²) in [5, 5.41) is 6.40. The Morgan fingerprint density at radius 2 is 1.64 bits per heavy atom. The average Bonchev–Trinajstić information content (AvgIpc) is 3.55. The molecule has 10 nitrogen and oxygen atoms in total. The number of methoxy groups -OCH3 is 1. The van der Waals surface area contributed by atoms with E-state index in [0.717, 1.165) is 92.2 Å². The van der Waals surface area contributed by atoms with Crippen LogP contribution < -0.4 is 25.2 Å². The molecule has 292 valence electrons. The molecule has 4 aromatic rings. The number of H-pyrrole nitrogens is 1. The SMILES string of the molecule is COc1cc(N2CCC(CN3CCN(c4ccc(NC5CCC(=O)NC5=O)c(F)c4)CC3)CC2)ccc1[C@@H]1c2[nH]c3ccccc3c2C[C@@H](C)N1CC(F)F. The summed E-state index contributed by atoms with van der Waals surface area (Å²) in [4.78, 5) is 36.2. The number of aromatic nitrogens is 1. The van der Waals surface area contributed by atoms with Crippen molar-refractivity contribution >= 4 is 39.8 Å². The average molecular weight is 758 g/mol. The Balaban J connectivity index is 0.872. The van der Waals surface area contributed by atoms with Gasteiger partial charge in [0.15, 0.2) is 0 Å². The molecule has 55 heavy (non-hydrogen) atoms. The first-order chi connectivity index (χ1) is 26.6. The maximum Gasteiger partial charge on any atom is 0.251 e. The Morgan fingerprint density at radius 1 is 0.909 bits per heavy atom. The first kappa shape index (κ1) is 37.2. The molecular weight excluding hydrogens is 708 g/mol. The lowest BCUT2D eigenvalue weighted by molar-refractivity contribution is -0.133. The van der Waals surface area contributed by atoms with Gasteiger partial charge in [0, 0.05) is 97.9 Å². The second-order valence-electron chi connectivity index (χ2n) is 15.6. The number of piperidine rings is 2. The molecule has 0 aliphatic carbocycles. The van der Waals surface area contributed by atoms with Gasteiger partial charge >= 0.3 is 0 Å². The lowest BCUT2D eigenvalue weighted by Crippen LogP contribution is -2.49. The number of anilines is 3. The first-order valence-electron chi connectivity index (χ1n) is 19.6. The Labute approximate surface area is 320 Å². The number of halogens is 3. The topological polar surface area (TPSA) is 96.2 Å². The number of ether oxygens (including phenoxy) is 1. The Kier molecular flexibility index (Phi) is 10.7. The number of hydrogen-bond acceptors (Lipinski definition) is 8. The molecule has 13 heteroatoms. The van der Waals surface area contributed by atoms with Crippen molar-refractivity contribution in [1.29, 1.82) is 0 Å². The lowest BCUT2D eigenvalue weighted by atomic mass is 9.88. The van der Waals surface area contributed by atoms with Crippen LogP contribution in [0.25, 0.3) is 10.9 Å². The van der Waals surface area contributed by atoms with E-state index in [1.54, 1.807) is 13.2 Å². The second-order valence-corrected chi connectivity index (χ2v) is 15.6. The smallest absolute Gasteiger partial charge is 0.251 e. The molecule has 1 aromatic heterocycles. The summed E-state index contributed by atoms with van der Waals surface area (Å²) in [6.45, 7) is 8.01. The van der Waals surface area contributed by atoms with E-state index in [1.165, 1.54) is 11.6 Å². The minimum Gasteiger partial charge on any atom is -0.496 e. The summed E-state index contributed by atoms with van der Waals surface area (Å²) in [7, 11) is 1.66. The van der Waals surface area contributed by atoms with E-state index in [-0.39, 0.29) is 36.6 Å². The fourth-order valence-electron chi connectivity index (χ4n) is 9.17. The van der Waals surface area contributed by atoms with Crippen LogP contribution in [0.3, 0.4) is 0 Å². The summed E-state index contributed by atoms with van der Waals surface area (Å²) >= 11 is 0. The van der Waals surface area contributed by atoms with Gasteiger partial charge in [0.1, 0.15) is 17.6 Å². The fraction of sp³-hybridized carbons (Fsp3) is 0.476. The third-order valence-corrected chi connectivity index (χ3v) is 12.1. The maximum absolute atomic E-state index is 15.1. The van der Waals surface area contributed by atoms with Crippen molar-refractivity contribution in [3.63, 3.8) is 0 Å². The monoisotopic (exact) mass is 757 g/mol. The van der Waals surface area contributed by atoms with E-state index >= 15 is 4.39 Å². The highest BCUT2D eigenvalue weighted by Crippen LogP contribution is 2.45. The molecule has 4 aliphatic rings. The molecule has 8 rings (SSSR count). The van der Waals surface area contributed by atoms with Crippen molar-refractivity contribution in [3.8, 4) is 5.75 Å². The van der Waals surface area contributed by atoms with Crippen LogP contribution in [0.15, 0.2) is 60.7 Å². The van der Waals surface area contributed by atoms with Gasteiger partial charge in [-0.2, -0.15) is 0 Å². The lowest BCUT2D eigenvalue weighted by Gasteiger charge is -2.41. The first-order valence-corrected chi connectivity index (χ1v) is 19.6. The number of para-hydroxylation sites is 1. The molecule has 0 bridgehead atoms. The number of amides is 2. The van der Waals surface area contributed by atoms with Gasteiger partial charge in [-0.25, -0.2) is 13.2 Å². The van der Waals surface area contributed by atoms with E-state index in [0.29, 0.717) is 24.5 Å². The Hall–Kier alpha value is -4.75. The highest BCUT2D eigenvalue weighted by Gasteiger charge is 2.39. The van der Waals surface area contributed by atoms with Crippen LogP contribution in [0.1, 0.15) is 55.5 Å². The van der Waals surface area contributed by atoms with Gasteiger partial charge in [-0.3, -0.25) is 24.7 Å². The number of fused-ring (bicyclic) bond motifs is 3. The minimum absolute atomic E-state index is 0.0669. The predicted octanol–water partition coefficient (Wildman–Crippen LogP) is 6.17. The van der Waals surface area contributed by atoms with E-state index in [9.17, 15) is 18.4 Å². The molecule has 0 saturated carbocycles. The Morgan fingerprint density at radius 3 is 2.36 bits per heavy atom. The van der Waals surface area contributed by atoms with Crippen molar-refractivity contribution in [2.24, 2.45) is 5.92 Å². The number of piperazine rings is 1. The maximum atomic E-state index is 15.1. The van der Waals surface area contributed by atoms with Crippen molar-refractivity contribution < 1.29 is 27.5 Å². The van der Waals surface area contributed by atoms with Gasteiger partial charge < -0.3 is 24.8 Å². The summed E-state index contributed by atoms with van der Waals surface area (Å²) in [6, 6.07) is 18.5. The van der Waals surface area contributed by atoms with Gasteiger partial charge in [0.2, 0.25) is 11.8 Å². The largest absolute Gasteiger partial charge is 0.496 e. The van der Waals surface area contributed by atoms with Crippen LogP contribution in [0.4, 0.5) is 30.2 Å². The number of imide groups is 1. The summed E-state index contributed by atoms with van der Waals surface area (Å²) in [6.07, 6.45) is 0.961. The fourth-order valence-corrected chi connectivity index (χ4v) is 9.17. The van der Waals surface area contributed by atoms with Gasteiger partial charge in [-0.15, -0.1) is 0 Å². The van der Waals surface area contributed by atoms with Crippen LogP contribution in [0.2, 0.25) is 0 Å². The number of carbonyl (C=O) groups excluding carboxylic acids is 2. The molecule has 0 spiro atoms. The molecule has 2 amide bonds. The van der Waals surface area contributed by atoms with Crippen molar-refractivity contribution in [3.05, 3.63) is 83.3 Å². The van der Waals surface area contributed by atoms with Gasteiger partial charge in [0.05, 0.1) is 25.4 Å². The number of nitrogens with one attached hydrogen (secondary N) is 3. The molecular formula is C42H50F3N7O3. The van der Waals surface area contributed by atoms with E-state index in [2.05, 4.69) is 54.6 Å². The van der Waals surface area contributed by atoms with Crippen molar-refractivity contribution in [2.75, 3.05) is 74.6 Å². The molecule has 0 radical (unpaired) electrons. The number of benzene rings is 3.